The largest absolute Gasteiger partial charge is 0.399 e. The molecule has 2 rings (SSSR count). The third-order valence-corrected chi connectivity index (χ3v) is 3.67. The highest BCUT2D eigenvalue weighted by Gasteiger charge is 2.17. The van der Waals surface area contributed by atoms with Gasteiger partial charge in [-0.1, -0.05) is 25.0 Å². The number of nitrogens with two attached hydrogens (primary N) is 1. The first kappa shape index (κ1) is 13.7. The maximum atomic E-state index is 12.2. The first-order valence-corrected chi connectivity index (χ1v) is 7.07. The van der Waals surface area contributed by atoms with Gasteiger partial charge in [0.05, 0.1) is 6.04 Å². The van der Waals surface area contributed by atoms with Crippen LogP contribution in [0.3, 0.4) is 0 Å². The lowest BCUT2D eigenvalue weighted by atomic mass is 10.1. The monoisotopic (exact) mass is 261 g/mol. The van der Waals surface area contributed by atoms with E-state index in [9.17, 15) is 4.79 Å². The average Bonchev–Trinajstić information content (AvgIpc) is 2.68. The second-order valence-electron chi connectivity index (χ2n) is 5.24. The predicted molar refractivity (Wildman–Crippen MR) is 77.8 cm³/mol. The van der Waals surface area contributed by atoms with Crippen molar-refractivity contribution in [3.8, 4) is 0 Å². The van der Waals surface area contributed by atoms with Crippen LogP contribution in [-0.2, 0) is 0 Å². The topological polar surface area (TPSA) is 58.4 Å². The van der Waals surface area contributed by atoms with Gasteiger partial charge >= 0.3 is 6.03 Å². The maximum Gasteiger partial charge on any atom is 0.317 e. The van der Waals surface area contributed by atoms with Crippen molar-refractivity contribution in [2.24, 2.45) is 0 Å². The van der Waals surface area contributed by atoms with E-state index in [-0.39, 0.29) is 12.1 Å². The van der Waals surface area contributed by atoms with Gasteiger partial charge in [-0.05, 0) is 37.5 Å². The van der Waals surface area contributed by atoms with Crippen molar-refractivity contribution >= 4 is 11.7 Å². The zero-order chi connectivity index (χ0) is 13.7. The normalized spacial score (nSPS) is 17.6. The molecule has 104 valence electrons. The van der Waals surface area contributed by atoms with E-state index in [4.69, 9.17) is 5.73 Å². The van der Waals surface area contributed by atoms with Crippen LogP contribution < -0.4 is 11.1 Å². The summed E-state index contributed by atoms with van der Waals surface area (Å²) < 4.78 is 0. The number of urea groups is 1. The zero-order valence-corrected chi connectivity index (χ0v) is 11.6. The summed E-state index contributed by atoms with van der Waals surface area (Å²) in [5.41, 5.74) is 7.49. The van der Waals surface area contributed by atoms with E-state index in [1.165, 1.54) is 12.8 Å². The molecule has 4 nitrogen and oxygen atoms in total. The van der Waals surface area contributed by atoms with E-state index in [1.807, 2.05) is 36.1 Å². The van der Waals surface area contributed by atoms with Gasteiger partial charge in [0.2, 0.25) is 0 Å². The van der Waals surface area contributed by atoms with Crippen LogP contribution in [0.15, 0.2) is 24.3 Å². The molecule has 2 amide bonds. The quantitative estimate of drug-likeness (QED) is 0.804. The SMILES string of the molecule is CC(NC(=O)N1CCCCCC1)c1ccc(N)cc1. The minimum absolute atomic E-state index is 0.0105. The summed E-state index contributed by atoms with van der Waals surface area (Å²) in [6, 6.07) is 7.71. The Morgan fingerprint density at radius 2 is 1.74 bits per heavy atom. The fourth-order valence-electron chi connectivity index (χ4n) is 2.42. The molecule has 1 saturated heterocycles. The Balaban J connectivity index is 1.92. The van der Waals surface area contributed by atoms with E-state index in [1.54, 1.807) is 0 Å². The van der Waals surface area contributed by atoms with E-state index < -0.39 is 0 Å². The number of likely N-dealkylation sites (tertiary alicyclic amines) is 1. The molecule has 0 bridgehead atoms. The number of rotatable bonds is 2. The van der Waals surface area contributed by atoms with Crippen molar-refractivity contribution in [1.82, 2.24) is 10.2 Å². The number of nitrogen functional groups attached to an aromatic ring is 1. The summed E-state index contributed by atoms with van der Waals surface area (Å²) in [6.45, 7) is 3.75. The van der Waals surface area contributed by atoms with Gasteiger partial charge in [0, 0.05) is 18.8 Å². The Bertz CT molecular complexity index is 408. The second-order valence-corrected chi connectivity index (χ2v) is 5.24. The van der Waals surface area contributed by atoms with Crippen LogP contribution in [0.1, 0.15) is 44.2 Å². The molecule has 1 aliphatic rings. The van der Waals surface area contributed by atoms with Gasteiger partial charge in [-0.25, -0.2) is 4.79 Å². The Kier molecular flexibility index (Phi) is 4.66. The van der Waals surface area contributed by atoms with Crippen LogP contribution >= 0.6 is 0 Å². The molecule has 4 heteroatoms. The molecule has 0 radical (unpaired) electrons. The van der Waals surface area contributed by atoms with Gasteiger partial charge in [0.1, 0.15) is 0 Å². The Morgan fingerprint density at radius 1 is 1.16 bits per heavy atom. The van der Waals surface area contributed by atoms with Gasteiger partial charge < -0.3 is 16.0 Å². The summed E-state index contributed by atoms with van der Waals surface area (Å²) in [6.07, 6.45) is 4.70. The second kappa shape index (κ2) is 6.45. The predicted octanol–water partition coefficient (Wildman–Crippen LogP) is 2.92. The number of benzene rings is 1. The third-order valence-electron chi connectivity index (χ3n) is 3.67. The van der Waals surface area contributed by atoms with Crippen molar-refractivity contribution in [2.75, 3.05) is 18.8 Å². The number of carbonyl (C=O) groups excluding carboxylic acids is 1. The van der Waals surface area contributed by atoms with Gasteiger partial charge in [-0.3, -0.25) is 0 Å². The molecular formula is C15H23N3O. The Hall–Kier alpha value is -1.71. The first-order chi connectivity index (χ1) is 9.16. The smallest absolute Gasteiger partial charge is 0.317 e. The number of nitrogens with one attached hydrogen (secondary N) is 1. The standard InChI is InChI=1S/C15H23N3O/c1-12(13-6-8-14(16)9-7-13)17-15(19)18-10-4-2-3-5-11-18/h6-9,12H,2-5,10-11,16H2,1H3,(H,17,19). The number of nitrogens with zero attached hydrogens (tertiary/aromatic N) is 1. The molecule has 0 aliphatic carbocycles. The summed E-state index contributed by atoms with van der Waals surface area (Å²) in [4.78, 5) is 14.1. The Morgan fingerprint density at radius 3 is 2.32 bits per heavy atom. The number of hydrogen-bond acceptors (Lipinski definition) is 2. The van der Waals surface area contributed by atoms with Crippen LogP contribution in [0.2, 0.25) is 0 Å². The molecule has 3 N–H and O–H groups in total. The van der Waals surface area contributed by atoms with Crippen LogP contribution in [0.4, 0.5) is 10.5 Å². The summed E-state index contributed by atoms with van der Waals surface area (Å²) in [5.74, 6) is 0. The van der Waals surface area contributed by atoms with Crippen molar-refractivity contribution < 1.29 is 4.79 Å². The lowest BCUT2D eigenvalue weighted by Gasteiger charge is -2.24. The van der Waals surface area contributed by atoms with Crippen LogP contribution in [0, 0.1) is 0 Å². The van der Waals surface area contributed by atoms with E-state index in [0.29, 0.717) is 0 Å². The number of amides is 2. The van der Waals surface area contributed by atoms with E-state index in [2.05, 4.69) is 5.32 Å². The highest BCUT2D eigenvalue weighted by atomic mass is 16.2. The number of hydrogen-bond donors (Lipinski definition) is 2. The highest BCUT2D eigenvalue weighted by Crippen LogP contribution is 2.15. The molecular weight excluding hydrogens is 238 g/mol. The molecule has 1 aliphatic heterocycles. The highest BCUT2D eigenvalue weighted by molar-refractivity contribution is 5.74. The minimum atomic E-state index is 0.0105. The fraction of sp³-hybridized carbons (Fsp3) is 0.533. The summed E-state index contributed by atoms with van der Waals surface area (Å²) in [5, 5.41) is 3.06. The van der Waals surface area contributed by atoms with Crippen molar-refractivity contribution in [3.63, 3.8) is 0 Å². The van der Waals surface area contributed by atoms with Gasteiger partial charge in [0.15, 0.2) is 0 Å². The van der Waals surface area contributed by atoms with Gasteiger partial charge in [-0.15, -0.1) is 0 Å². The van der Waals surface area contributed by atoms with E-state index >= 15 is 0 Å². The molecule has 19 heavy (non-hydrogen) atoms. The van der Waals surface area contributed by atoms with Crippen molar-refractivity contribution in [1.29, 1.82) is 0 Å². The fourth-order valence-corrected chi connectivity index (χ4v) is 2.42. The molecule has 1 aromatic rings. The zero-order valence-electron chi connectivity index (χ0n) is 11.6. The van der Waals surface area contributed by atoms with Crippen molar-refractivity contribution in [2.45, 2.75) is 38.6 Å². The molecule has 1 atom stereocenters. The first-order valence-electron chi connectivity index (χ1n) is 7.07. The van der Waals surface area contributed by atoms with Crippen LogP contribution in [-0.4, -0.2) is 24.0 Å². The summed E-state index contributed by atoms with van der Waals surface area (Å²) in [7, 11) is 0. The molecule has 1 unspecified atom stereocenters. The number of anilines is 1. The van der Waals surface area contributed by atoms with Crippen molar-refractivity contribution in [3.05, 3.63) is 29.8 Å². The molecule has 0 aromatic heterocycles. The van der Waals surface area contributed by atoms with Gasteiger partial charge in [-0.2, -0.15) is 0 Å². The molecule has 1 heterocycles. The molecule has 0 saturated carbocycles. The lowest BCUT2D eigenvalue weighted by Crippen LogP contribution is -2.41. The average molecular weight is 261 g/mol. The Labute approximate surface area is 115 Å². The van der Waals surface area contributed by atoms with E-state index in [0.717, 1.165) is 37.2 Å². The molecule has 1 aromatic carbocycles. The molecule has 0 spiro atoms. The summed E-state index contributed by atoms with van der Waals surface area (Å²) >= 11 is 0. The maximum absolute atomic E-state index is 12.2. The third kappa shape index (κ3) is 3.88. The van der Waals surface area contributed by atoms with Crippen LogP contribution in [0.5, 0.6) is 0 Å². The lowest BCUT2D eigenvalue weighted by molar-refractivity contribution is 0.196. The van der Waals surface area contributed by atoms with Crippen LogP contribution in [0.25, 0.3) is 0 Å². The molecule has 1 fully saturated rings. The van der Waals surface area contributed by atoms with Gasteiger partial charge in [0.25, 0.3) is 0 Å². The number of carbonyl (C=O) groups is 1. The minimum Gasteiger partial charge on any atom is -0.399 e.